The highest BCUT2D eigenvalue weighted by Crippen LogP contribution is 2.09. The van der Waals surface area contributed by atoms with Crippen LogP contribution in [0.2, 0.25) is 0 Å². The summed E-state index contributed by atoms with van der Waals surface area (Å²) in [6, 6.07) is 0. The van der Waals surface area contributed by atoms with Gasteiger partial charge in [-0.3, -0.25) is 14.4 Å². The second-order valence-corrected chi connectivity index (χ2v) is 6.93. The van der Waals surface area contributed by atoms with E-state index in [1.165, 1.54) is 16.8 Å². The maximum absolute atomic E-state index is 13.7. The highest BCUT2D eigenvalue weighted by atomic mass is 19.1. The molecule has 0 aromatic heterocycles. The van der Waals surface area contributed by atoms with Crippen LogP contribution in [0, 0.1) is 11.8 Å². The lowest BCUT2D eigenvalue weighted by Gasteiger charge is -2.24. The smallest absolute Gasteiger partial charge is 0.257 e. The number of hydrogen-bond acceptors (Lipinski definition) is 3. The largest absolute Gasteiger partial charge is 0.347 e. The molecule has 24 heavy (non-hydrogen) atoms. The standard InChI is InChI=1S/C17H32FN3O3/c1-12(2)7-8-14(22)19-11-15(23)20(5)9-10-21(6)17(24)16(18)13(3)4/h12-13,16H,7-11H2,1-6H3,(H,19,22). The van der Waals surface area contributed by atoms with Gasteiger partial charge in [-0.2, -0.15) is 0 Å². The number of carbonyl (C=O) groups is 3. The van der Waals surface area contributed by atoms with Crippen LogP contribution in [0.3, 0.4) is 0 Å². The molecule has 0 aliphatic heterocycles. The average Bonchev–Trinajstić information content (AvgIpc) is 2.53. The zero-order valence-corrected chi connectivity index (χ0v) is 15.8. The molecule has 0 spiro atoms. The fourth-order valence-corrected chi connectivity index (χ4v) is 1.85. The number of nitrogens with zero attached hydrogens (tertiary/aromatic N) is 2. The Bertz CT molecular complexity index is 427. The van der Waals surface area contributed by atoms with Gasteiger partial charge in [-0.05, 0) is 18.3 Å². The molecule has 0 aliphatic rings. The highest BCUT2D eigenvalue weighted by molar-refractivity contribution is 5.84. The van der Waals surface area contributed by atoms with E-state index in [9.17, 15) is 18.8 Å². The van der Waals surface area contributed by atoms with Crippen LogP contribution in [0.15, 0.2) is 0 Å². The SMILES string of the molecule is CC(C)CCC(=O)NCC(=O)N(C)CCN(C)C(=O)C(F)C(C)C. The van der Waals surface area contributed by atoms with E-state index in [0.29, 0.717) is 12.3 Å². The lowest BCUT2D eigenvalue weighted by Crippen LogP contribution is -2.44. The van der Waals surface area contributed by atoms with Crippen LogP contribution in [-0.4, -0.2) is 67.4 Å². The summed E-state index contributed by atoms with van der Waals surface area (Å²) in [6.45, 7) is 7.82. The molecule has 140 valence electrons. The van der Waals surface area contributed by atoms with Crippen molar-refractivity contribution in [3.05, 3.63) is 0 Å². The van der Waals surface area contributed by atoms with Crippen molar-refractivity contribution in [1.82, 2.24) is 15.1 Å². The average molecular weight is 345 g/mol. The Morgan fingerprint density at radius 3 is 2.04 bits per heavy atom. The second kappa shape index (κ2) is 11.0. The van der Waals surface area contributed by atoms with Crippen LogP contribution in [-0.2, 0) is 14.4 Å². The lowest BCUT2D eigenvalue weighted by atomic mass is 10.1. The van der Waals surface area contributed by atoms with E-state index in [2.05, 4.69) is 5.32 Å². The predicted molar refractivity (Wildman–Crippen MR) is 92.1 cm³/mol. The second-order valence-electron chi connectivity index (χ2n) is 6.93. The monoisotopic (exact) mass is 345 g/mol. The van der Waals surface area contributed by atoms with Gasteiger partial charge in [0.1, 0.15) is 0 Å². The van der Waals surface area contributed by atoms with Gasteiger partial charge in [0.05, 0.1) is 6.54 Å². The van der Waals surface area contributed by atoms with Crippen molar-refractivity contribution < 1.29 is 18.8 Å². The summed E-state index contributed by atoms with van der Waals surface area (Å²) in [4.78, 5) is 38.0. The van der Waals surface area contributed by atoms with Gasteiger partial charge in [0, 0.05) is 33.6 Å². The van der Waals surface area contributed by atoms with Gasteiger partial charge < -0.3 is 15.1 Å². The Kier molecular flexibility index (Phi) is 10.2. The number of halogens is 1. The summed E-state index contributed by atoms with van der Waals surface area (Å²) in [5, 5.41) is 2.59. The molecule has 0 radical (unpaired) electrons. The maximum Gasteiger partial charge on any atom is 0.257 e. The minimum atomic E-state index is -1.53. The molecule has 0 rings (SSSR count). The molecular weight excluding hydrogens is 313 g/mol. The molecule has 1 N–H and O–H groups in total. The Hall–Kier alpha value is -1.66. The Morgan fingerprint density at radius 1 is 1.00 bits per heavy atom. The fourth-order valence-electron chi connectivity index (χ4n) is 1.85. The van der Waals surface area contributed by atoms with Crippen LogP contribution in [0.1, 0.15) is 40.5 Å². The molecule has 0 heterocycles. The Morgan fingerprint density at radius 2 is 1.54 bits per heavy atom. The molecular formula is C17H32FN3O3. The summed E-state index contributed by atoms with van der Waals surface area (Å²) in [5.74, 6) is -0.898. The van der Waals surface area contributed by atoms with Gasteiger partial charge in [-0.15, -0.1) is 0 Å². The van der Waals surface area contributed by atoms with Gasteiger partial charge in [0.2, 0.25) is 11.8 Å². The number of likely N-dealkylation sites (N-methyl/N-ethyl adjacent to an activating group) is 2. The van der Waals surface area contributed by atoms with Crippen LogP contribution in [0.5, 0.6) is 0 Å². The van der Waals surface area contributed by atoms with Crippen molar-refractivity contribution in [2.75, 3.05) is 33.7 Å². The van der Waals surface area contributed by atoms with Crippen molar-refractivity contribution in [3.8, 4) is 0 Å². The predicted octanol–water partition coefficient (Wildman–Crippen LogP) is 1.45. The van der Waals surface area contributed by atoms with E-state index in [1.807, 2.05) is 13.8 Å². The quantitative estimate of drug-likeness (QED) is 0.651. The van der Waals surface area contributed by atoms with Crippen molar-refractivity contribution in [2.45, 2.75) is 46.7 Å². The molecule has 7 heteroatoms. The molecule has 0 bridgehead atoms. The van der Waals surface area contributed by atoms with Crippen LogP contribution >= 0.6 is 0 Å². The van der Waals surface area contributed by atoms with Gasteiger partial charge in [0.15, 0.2) is 6.17 Å². The summed E-state index contributed by atoms with van der Waals surface area (Å²) in [7, 11) is 3.11. The van der Waals surface area contributed by atoms with Crippen LogP contribution < -0.4 is 5.32 Å². The van der Waals surface area contributed by atoms with Gasteiger partial charge in [-0.1, -0.05) is 27.7 Å². The van der Waals surface area contributed by atoms with E-state index >= 15 is 0 Å². The lowest BCUT2D eigenvalue weighted by molar-refractivity contribution is -0.138. The number of nitrogens with one attached hydrogen (secondary N) is 1. The number of alkyl halides is 1. The highest BCUT2D eigenvalue weighted by Gasteiger charge is 2.24. The Balaban J connectivity index is 4.14. The topological polar surface area (TPSA) is 69.7 Å². The van der Waals surface area contributed by atoms with Crippen molar-refractivity contribution in [3.63, 3.8) is 0 Å². The number of hydrogen-bond donors (Lipinski definition) is 1. The summed E-state index contributed by atoms with van der Waals surface area (Å²) in [5.41, 5.74) is 0. The molecule has 3 amide bonds. The van der Waals surface area contributed by atoms with Gasteiger partial charge in [0.25, 0.3) is 5.91 Å². The molecule has 1 atom stereocenters. The zero-order chi connectivity index (χ0) is 18.9. The van der Waals surface area contributed by atoms with E-state index in [-0.39, 0.29) is 37.4 Å². The first-order valence-corrected chi connectivity index (χ1v) is 8.46. The molecule has 6 nitrogen and oxygen atoms in total. The molecule has 0 aromatic carbocycles. The molecule has 0 aromatic rings. The van der Waals surface area contributed by atoms with Gasteiger partial charge >= 0.3 is 0 Å². The molecule has 0 saturated carbocycles. The van der Waals surface area contributed by atoms with E-state index < -0.39 is 12.1 Å². The summed E-state index contributed by atoms with van der Waals surface area (Å²) in [6.07, 6.45) is -0.349. The summed E-state index contributed by atoms with van der Waals surface area (Å²) < 4.78 is 13.7. The molecule has 0 fully saturated rings. The Labute approximate surface area is 144 Å². The van der Waals surface area contributed by atoms with Crippen LogP contribution in [0.4, 0.5) is 4.39 Å². The minimum Gasteiger partial charge on any atom is -0.347 e. The normalized spacial score (nSPS) is 12.2. The molecule has 0 saturated heterocycles. The maximum atomic E-state index is 13.7. The fraction of sp³-hybridized carbons (Fsp3) is 0.824. The first kappa shape index (κ1) is 22.3. The van der Waals surface area contributed by atoms with E-state index in [4.69, 9.17) is 0 Å². The summed E-state index contributed by atoms with van der Waals surface area (Å²) >= 11 is 0. The number of rotatable bonds is 10. The first-order chi connectivity index (χ1) is 11.1. The van der Waals surface area contributed by atoms with Crippen molar-refractivity contribution in [2.24, 2.45) is 11.8 Å². The number of amides is 3. The van der Waals surface area contributed by atoms with Crippen molar-refractivity contribution in [1.29, 1.82) is 0 Å². The third-order valence-electron chi connectivity index (χ3n) is 3.78. The van der Waals surface area contributed by atoms with E-state index in [0.717, 1.165) is 6.42 Å². The third kappa shape index (κ3) is 8.84. The molecule has 1 unspecified atom stereocenters. The molecule has 0 aliphatic carbocycles. The van der Waals surface area contributed by atoms with Crippen LogP contribution in [0.25, 0.3) is 0 Å². The minimum absolute atomic E-state index is 0.0666. The van der Waals surface area contributed by atoms with Gasteiger partial charge in [-0.25, -0.2) is 4.39 Å². The first-order valence-electron chi connectivity index (χ1n) is 8.46. The van der Waals surface area contributed by atoms with Crippen molar-refractivity contribution >= 4 is 17.7 Å². The third-order valence-corrected chi connectivity index (χ3v) is 3.78. The zero-order valence-electron chi connectivity index (χ0n) is 15.8. The van der Waals surface area contributed by atoms with E-state index in [1.54, 1.807) is 20.9 Å². The number of carbonyl (C=O) groups excluding carboxylic acids is 3.